The Kier molecular flexibility index (Phi) is 6.07. The zero-order valence-corrected chi connectivity index (χ0v) is 19.3. The first-order chi connectivity index (χ1) is 15.1. The molecule has 0 aliphatic carbocycles. The van der Waals surface area contributed by atoms with Crippen LogP contribution in [0.15, 0.2) is 30.5 Å². The lowest BCUT2D eigenvalue weighted by molar-refractivity contribution is 0.0510. The molecule has 9 heteroatoms. The Morgan fingerprint density at radius 3 is 2.69 bits per heavy atom. The van der Waals surface area contributed by atoms with E-state index in [9.17, 15) is 9.90 Å². The topological polar surface area (TPSA) is 94.8 Å². The minimum Gasteiger partial charge on any atom is -0.443 e. The number of hydrogen-bond donors (Lipinski definition) is 1. The number of nitrogens with zero attached hydrogens (tertiary/aromatic N) is 5. The van der Waals surface area contributed by atoms with Crippen molar-refractivity contribution in [3.63, 3.8) is 0 Å². The Bertz CT molecular complexity index is 991. The molecule has 1 saturated heterocycles. The summed E-state index contributed by atoms with van der Waals surface area (Å²) in [7, 11) is 3.92. The molecule has 2 aromatic rings. The van der Waals surface area contributed by atoms with Gasteiger partial charge in [0.05, 0.1) is 0 Å². The van der Waals surface area contributed by atoms with Gasteiger partial charge in [-0.2, -0.15) is 4.98 Å². The summed E-state index contributed by atoms with van der Waals surface area (Å²) in [6.07, 6.45) is 1.42. The Balaban J connectivity index is 1.59. The molecule has 1 amide bonds. The lowest BCUT2D eigenvalue weighted by Gasteiger charge is -2.28. The van der Waals surface area contributed by atoms with E-state index in [2.05, 4.69) is 20.7 Å². The van der Waals surface area contributed by atoms with Gasteiger partial charge in [0.25, 0.3) is 6.10 Å². The van der Waals surface area contributed by atoms with E-state index in [1.165, 1.54) is 5.56 Å². The zero-order valence-electron chi connectivity index (χ0n) is 19.3. The average Bonchev–Trinajstić information content (AvgIpc) is 3.29. The number of carbonyl (C=O) groups excluding carboxylic acids is 1. The van der Waals surface area contributed by atoms with Gasteiger partial charge in [-0.05, 0) is 71.1 Å². The van der Waals surface area contributed by atoms with E-state index in [-0.39, 0.29) is 6.10 Å². The van der Waals surface area contributed by atoms with Crippen LogP contribution in [0.3, 0.4) is 0 Å². The van der Waals surface area contributed by atoms with Crippen LogP contribution in [0.2, 0.25) is 0 Å². The van der Waals surface area contributed by atoms with Crippen molar-refractivity contribution in [2.45, 2.75) is 45.2 Å². The summed E-state index contributed by atoms with van der Waals surface area (Å²) >= 11 is 0. The lowest BCUT2D eigenvalue weighted by atomic mass is 10.1. The van der Waals surface area contributed by atoms with E-state index in [0.29, 0.717) is 24.9 Å². The Hall–Kier alpha value is -2.75. The number of epoxide rings is 1. The molecule has 4 rings (SSSR count). The fourth-order valence-electron chi connectivity index (χ4n) is 3.72. The van der Waals surface area contributed by atoms with E-state index in [4.69, 9.17) is 9.72 Å². The van der Waals surface area contributed by atoms with Crippen LogP contribution in [0.25, 0.3) is 0 Å². The van der Waals surface area contributed by atoms with Crippen molar-refractivity contribution >= 4 is 23.5 Å². The van der Waals surface area contributed by atoms with Gasteiger partial charge in [-0.1, -0.05) is 0 Å². The maximum Gasteiger partial charge on any atom is 0.416 e. The van der Waals surface area contributed by atoms with E-state index in [0.717, 1.165) is 24.2 Å². The smallest absolute Gasteiger partial charge is 0.416 e. The second kappa shape index (κ2) is 8.65. The van der Waals surface area contributed by atoms with Crippen LogP contribution < -0.4 is 9.80 Å². The monoisotopic (exact) mass is 442 g/mol. The summed E-state index contributed by atoms with van der Waals surface area (Å²) < 4.78 is 9.72. The number of benzene rings is 1. The number of anilines is 3. The molecule has 3 heterocycles. The molecule has 2 atom stereocenters. The molecular weight excluding hydrogens is 410 g/mol. The summed E-state index contributed by atoms with van der Waals surface area (Å²) in [5.74, 6) is 1.06. The lowest BCUT2D eigenvalue weighted by Crippen LogP contribution is -2.41. The number of rotatable bonds is 6. The first-order valence-corrected chi connectivity index (χ1v) is 10.9. The average molecular weight is 443 g/mol. The highest BCUT2D eigenvalue weighted by Gasteiger charge is 2.48. The van der Waals surface area contributed by atoms with Crippen molar-refractivity contribution in [3.8, 4) is 0 Å². The first kappa shape index (κ1) is 22.4. The van der Waals surface area contributed by atoms with Crippen LogP contribution >= 0.6 is 0 Å². The van der Waals surface area contributed by atoms with Crippen molar-refractivity contribution in [1.82, 2.24) is 14.9 Å². The third-order valence-corrected chi connectivity index (χ3v) is 5.38. The molecule has 2 aliphatic heterocycles. The summed E-state index contributed by atoms with van der Waals surface area (Å²) in [6.45, 7) is 7.42. The summed E-state index contributed by atoms with van der Waals surface area (Å²) in [5.41, 5.74) is 2.66. The second-order valence-electron chi connectivity index (χ2n) is 9.45. The van der Waals surface area contributed by atoms with Gasteiger partial charge in [0.1, 0.15) is 11.4 Å². The van der Waals surface area contributed by atoms with E-state index in [1.807, 2.05) is 51.9 Å². The van der Waals surface area contributed by atoms with Gasteiger partial charge in [-0.25, -0.2) is 9.78 Å². The molecule has 32 heavy (non-hydrogen) atoms. The van der Waals surface area contributed by atoms with Gasteiger partial charge in [-0.15, -0.1) is 0 Å². The second-order valence-corrected chi connectivity index (χ2v) is 9.45. The number of ether oxygens (including phenoxy) is 2. The van der Waals surface area contributed by atoms with Crippen LogP contribution in [0.1, 0.15) is 38.0 Å². The SMILES string of the molecule is CN(C)CCN(C(=O)OC(C)(C)C)c1ccnc(N2CCc3cc(C4[OH+]C4O)ccc32)n1. The maximum absolute atomic E-state index is 12.9. The van der Waals surface area contributed by atoms with Gasteiger partial charge in [0.15, 0.2) is 0 Å². The van der Waals surface area contributed by atoms with Crippen LogP contribution in [0.4, 0.5) is 22.2 Å². The largest absolute Gasteiger partial charge is 0.443 e. The fourth-order valence-corrected chi connectivity index (χ4v) is 3.72. The number of aliphatic hydroxyl groups is 3. The van der Waals surface area contributed by atoms with Crippen molar-refractivity contribution in [3.05, 3.63) is 41.6 Å². The third kappa shape index (κ3) is 5.01. The number of fused-ring (bicyclic) bond motifs is 1. The van der Waals surface area contributed by atoms with Crippen molar-refractivity contribution in [1.29, 1.82) is 0 Å². The van der Waals surface area contributed by atoms with E-state index >= 15 is 0 Å². The molecule has 0 radical (unpaired) electrons. The predicted molar refractivity (Wildman–Crippen MR) is 122 cm³/mol. The van der Waals surface area contributed by atoms with Gasteiger partial charge in [0, 0.05) is 37.1 Å². The molecule has 2 unspecified atom stereocenters. The molecule has 1 fully saturated rings. The van der Waals surface area contributed by atoms with E-state index < -0.39 is 18.0 Å². The molecule has 1 aromatic carbocycles. The Morgan fingerprint density at radius 2 is 2.03 bits per heavy atom. The molecule has 0 spiro atoms. The quantitative estimate of drug-likeness (QED) is 0.542. The fraction of sp³-hybridized carbons (Fsp3) is 0.522. The zero-order chi connectivity index (χ0) is 23.0. The van der Waals surface area contributed by atoms with Gasteiger partial charge < -0.3 is 24.4 Å². The Labute approximate surface area is 188 Å². The number of amides is 1. The standard InChI is InChI=1S/C23H31N5O4/c1-23(2,3)32-22(30)28(13-12-26(4)5)18-8-10-24-21(25-18)27-11-9-15-14-16(6-7-17(15)27)19-20(29)31-19/h6-8,10,14,19-20,29H,9,11-13H2,1-5H3/p+1. The molecule has 172 valence electrons. The molecule has 1 aromatic heterocycles. The molecule has 2 N–H and O–H groups in total. The van der Waals surface area contributed by atoms with Crippen LogP contribution in [-0.2, 0) is 11.2 Å². The molecule has 0 bridgehead atoms. The number of likely N-dealkylation sites (N-methyl/N-ethyl adjacent to an activating group) is 1. The summed E-state index contributed by atoms with van der Waals surface area (Å²) in [6, 6.07) is 7.87. The van der Waals surface area contributed by atoms with Crippen molar-refractivity contribution in [2.24, 2.45) is 0 Å². The predicted octanol–water partition coefficient (Wildman–Crippen LogP) is 2.38. The van der Waals surface area contributed by atoms with Crippen molar-refractivity contribution in [2.75, 3.05) is 43.5 Å². The number of hydrogen-bond acceptors (Lipinski definition) is 7. The Morgan fingerprint density at radius 1 is 1.28 bits per heavy atom. The molecule has 2 aliphatic rings. The normalized spacial score (nSPS) is 19.8. The van der Waals surface area contributed by atoms with E-state index in [1.54, 1.807) is 17.2 Å². The number of carbonyl (C=O) groups is 1. The minimum atomic E-state index is -0.601. The number of aromatic nitrogens is 2. The number of aliphatic hydroxyl groups excluding tert-OH is 1. The van der Waals surface area contributed by atoms with Crippen LogP contribution in [-0.4, -0.2) is 76.4 Å². The highest BCUT2D eigenvalue weighted by Crippen LogP contribution is 2.39. The maximum atomic E-state index is 12.9. The van der Waals surface area contributed by atoms with Crippen molar-refractivity contribution < 1.29 is 19.4 Å². The van der Waals surface area contributed by atoms with Crippen LogP contribution in [0, 0.1) is 0 Å². The highest BCUT2D eigenvalue weighted by atomic mass is 16.7. The summed E-state index contributed by atoms with van der Waals surface area (Å²) in [5, 5.41) is 9.59. The third-order valence-electron chi connectivity index (χ3n) is 5.38. The molecule has 0 saturated carbocycles. The van der Waals surface area contributed by atoms with Crippen LogP contribution in [0.5, 0.6) is 0 Å². The minimum absolute atomic E-state index is 0.104. The van der Waals surface area contributed by atoms with Gasteiger partial charge >= 0.3 is 12.4 Å². The molecular formula is C23H32N5O4+. The molecule has 9 nitrogen and oxygen atoms in total. The first-order valence-electron chi connectivity index (χ1n) is 10.9. The summed E-state index contributed by atoms with van der Waals surface area (Å²) in [4.78, 5) is 27.8. The van der Waals surface area contributed by atoms with Gasteiger partial charge in [0.2, 0.25) is 5.95 Å². The highest BCUT2D eigenvalue weighted by molar-refractivity contribution is 5.87. The van der Waals surface area contributed by atoms with Gasteiger partial charge in [-0.3, -0.25) is 4.90 Å².